The van der Waals surface area contributed by atoms with Gasteiger partial charge < -0.3 is 25.3 Å². The first kappa shape index (κ1) is 20.0. The summed E-state index contributed by atoms with van der Waals surface area (Å²) in [4.78, 5) is 17.6. The van der Waals surface area contributed by atoms with E-state index in [0.29, 0.717) is 33.1 Å². The van der Waals surface area contributed by atoms with Crippen LogP contribution in [0, 0.1) is 5.21 Å². The van der Waals surface area contributed by atoms with E-state index >= 15 is 0 Å². The van der Waals surface area contributed by atoms with Gasteiger partial charge in [0.05, 0.1) is 20.3 Å². The Morgan fingerprint density at radius 2 is 1.58 bits per heavy atom. The van der Waals surface area contributed by atoms with Gasteiger partial charge in [0.1, 0.15) is 17.0 Å². The van der Waals surface area contributed by atoms with E-state index in [9.17, 15) is 10.0 Å². The smallest absolute Gasteiger partial charge is 0.325 e. The third-order valence-electron chi connectivity index (χ3n) is 4.66. The molecule has 0 bridgehead atoms. The Bertz CT molecular complexity index is 1230. The molecule has 8 heteroatoms. The third-order valence-corrected chi connectivity index (χ3v) is 4.66. The van der Waals surface area contributed by atoms with E-state index in [1.165, 1.54) is 7.11 Å². The average Bonchev–Trinajstić information content (AvgIpc) is 2.80. The minimum absolute atomic E-state index is 0.131. The fraction of sp³-hybridized carbons (Fsp3) is 0.0870. The standard InChI is InChI=1S/C23H20N4O4/c1-30-17-10-8-16(9-11-17)24-22-21(23(28)25-15-6-4-3-5-7-15)27(29)20-14-18(31-2)12-13-19(20)26-22/h3-14H,1-2H3,(H,24,26)(H,25,28). The van der Waals surface area contributed by atoms with E-state index < -0.39 is 5.91 Å². The van der Waals surface area contributed by atoms with Crippen LogP contribution < -0.4 is 24.8 Å². The van der Waals surface area contributed by atoms with E-state index in [2.05, 4.69) is 15.6 Å². The minimum Gasteiger partial charge on any atom is -0.618 e. The van der Waals surface area contributed by atoms with Crippen LogP contribution >= 0.6 is 0 Å². The third kappa shape index (κ3) is 4.18. The van der Waals surface area contributed by atoms with Crippen molar-refractivity contribution in [1.82, 2.24) is 4.98 Å². The molecule has 0 atom stereocenters. The van der Waals surface area contributed by atoms with E-state index in [0.717, 1.165) is 0 Å². The summed E-state index contributed by atoms with van der Waals surface area (Å²) in [6, 6.07) is 20.9. The van der Waals surface area contributed by atoms with Crippen molar-refractivity contribution < 1.29 is 19.0 Å². The van der Waals surface area contributed by atoms with Crippen molar-refractivity contribution in [3.8, 4) is 11.5 Å². The number of methoxy groups -OCH3 is 2. The number of benzene rings is 3. The van der Waals surface area contributed by atoms with Gasteiger partial charge in [-0.1, -0.05) is 18.2 Å². The van der Waals surface area contributed by atoms with Crippen molar-refractivity contribution in [1.29, 1.82) is 0 Å². The van der Waals surface area contributed by atoms with Gasteiger partial charge in [-0.3, -0.25) is 4.79 Å². The molecule has 0 saturated heterocycles. The number of rotatable bonds is 6. The Morgan fingerprint density at radius 3 is 2.26 bits per heavy atom. The molecule has 0 aliphatic carbocycles. The van der Waals surface area contributed by atoms with Gasteiger partial charge in [0.15, 0.2) is 0 Å². The Morgan fingerprint density at radius 1 is 0.903 bits per heavy atom. The van der Waals surface area contributed by atoms with Crippen LogP contribution in [-0.2, 0) is 0 Å². The summed E-state index contributed by atoms with van der Waals surface area (Å²) in [5, 5.41) is 19.1. The highest BCUT2D eigenvalue weighted by atomic mass is 16.5. The number of aromatic nitrogens is 2. The molecule has 4 aromatic rings. The molecule has 1 heterocycles. The molecule has 1 amide bonds. The maximum Gasteiger partial charge on any atom is 0.325 e. The zero-order valence-electron chi connectivity index (χ0n) is 17.0. The summed E-state index contributed by atoms with van der Waals surface area (Å²) >= 11 is 0. The fourth-order valence-corrected chi connectivity index (χ4v) is 3.09. The molecule has 156 valence electrons. The van der Waals surface area contributed by atoms with Crippen LogP contribution in [0.25, 0.3) is 11.0 Å². The van der Waals surface area contributed by atoms with Crippen LogP contribution in [-0.4, -0.2) is 25.1 Å². The summed E-state index contributed by atoms with van der Waals surface area (Å²) in [5.41, 5.74) is 1.69. The molecule has 31 heavy (non-hydrogen) atoms. The number of para-hydroxylation sites is 1. The van der Waals surface area contributed by atoms with Crippen molar-refractivity contribution >= 4 is 34.1 Å². The van der Waals surface area contributed by atoms with Crippen LogP contribution in [0.15, 0.2) is 72.8 Å². The molecule has 0 spiro atoms. The largest absolute Gasteiger partial charge is 0.618 e. The van der Waals surface area contributed by atoms with Gasteiger partial charge >= 0.3 is 11.6 Å². The normalized spacial score (nSPS) is 10.5. The molecule has 2 N–H and O–H groups in total. The summed E-state index contributed by atoms with van der Waals surface area (Å²) in [6.07, 6.45) is 0. The Labute approximate surface area is 178 Å². The lowest BCUT2D eigenvalue weighted by molar-refractivity contribution is -0.578. The Balaban J connectivity index is 1.81. The lowest BCUT2D eigenvalue weighted by Crippen LogP contribution is -2.39. The molecular formula is C23H20N4O4. The number of anilines is 3. The topological polar surface area (TPSA) is 99.4 Å². The summed E-state index contributed by atoms with van der Waals surface area (Å²) in [5.74, 6) is 0.718. The van der Waals surface area contributed by atoms with Gasteiger partial charge in [0.2, 0.25) is 11.3 Å². The van der Waals surface area contributed by atoms with Crippen LogP contribution in [0.1, 0.15) is 10.5 Å². The monoisotopic (exact) mass is 416 g/mol. The quantitative estimate of drug-likeness (QED) is 0.366. The number of carbonyl (C=O) groups excluding carboxylic acids is 1. The maximum atomic E-state index is 13.2. The van der Waals surface area contributed by atoms with E-state index in [1.807, 2.05) is 6.07 Å². The second-order valence-corrected chi connectivity index (χ2v) is 6.63. The van der Waals surface area contributed by atoms with Gasteiger partial charge in [-0.2, -0.15) is 4.73 Å². The van der Waals surface area contributed by atoms with Crippen molar-refractivity contribution in [2.24, 2.45) is 0 Å². The first-order valence-electron chi connectivity index (χ1n) is 9.48. The van der Waals surface area contributed by atoms with E-state index in [-0.39, 0.29) is 17.0 Å². The van der Waals surface area contributed by atoms with Gasteiger partial charge in [-0.15, -0.1) is 0 Å². The van der Waals surface area contributed by atoms with Gasteiger partial charge in [-0.05, 0) is 48.5 Å². The zero-order valence-corrected chi connectivity index (χ0v) is 17.0. The highest BCUT2D eigenvalue weighted by Crippen LogP contribution is 2.24. The van der Waals surface area contributed by atoms with Crippen molar-refractivity contribution in [3.05, 3.63) is 83.7 Å². The minimum atomic E-state index is -0.588. The summed E-state index contributed by atoms with van der Waals surface area (Å²) in [7, 11) is 3.08. The van der Waals surface area contributed by atoms with Gasteiger partial charge in [-0.25, -0.2) is 4.98 Å². The number of hydrogen-bond acceptors (Lipinski definition) is 6. The lowest BCUT2D eigenvalue weighted by Gasteiger charge is -2.14. The van der Waals surface area contributed by atoms with Crippen molar-refractivity contribution in [3.63, 3.8) is 0 Å². The van der Waals surface area contributed by atoms with Crippen molar-refractivity contribution in [2.45, 2.75) is 0 Å². The van der Waals surface area contributed by atoms with Crippen molar-refractivity contribution in [2.75, 3.05) is 24.9 Å². The van der Waals surface area contributed by atoms with Gasteiger partial charge in [0, 0.05) is 11.4 Å². The van der Waals surface area contributed by atoms with Crippen LogP contribution in [0.5, 0.6) is 11.5 Å². The Kier molecular flexibility index (Phi) is 5.53. The predicted molar refractivity (Wildman–Crippen MR) is 118 cm³/mol. The summed E-state index contributed by atoms with van der Waals surface area (Å²) in [6.45, 7) is 0. The first-order valence-corrected chi connectivity index (χ1v) is 9.48. The first-order chi connectivity index (χ1) is 15.1. The number of ether oxygens (including phenoxy) is 2. The molecule has 4 rings (SSSR count). The number of carbonyl (C=O) groups is 1. The Hall–Kier alpha value is -4.33. The molecule has 0 fully saturated rings. The molecular weight excluding hydrogens is 396 g/mol. The molecule has 3 aromatic carbocycles. The number of amides is 1. The summed E-state index contributed by atoms with van der Waals surface area (Å²) < 4.78 is 11.0. The fourth-order valence-electron chi connectivity index (χ4n) is 3.09. The molecule has 0 saturated carbocycles. The highest BCUT2D eigenvalue weighted by Gasteiger charge is 2.27. The molecule has 0 aliphatic rings. The molecule has 0 aliphatic heterocycles. The molecule has 0 radical (unpaired) electrons. The molecule has 0 unspecified atom stereocenters. The van der Waals surface area contributed by atoms with Crippen LogP contribution in [0.2, 0.25) is 0 Å². The number of fused-ring (bicyclic) bond motifs is 1. The van der Waals surface area contributed by atoms with Crippen LogP contribution in [0.3, 0.4) is 0 Å². The van der Waals surface area contributed by atoms with E-state index in [1.54, 1.807) is 73.8 Å². The molecule has 8 nitrogen and oxygen atoms in total. The molecule has 1 aromatic heterocycles. The maximum absolute atomic E-state index is 13.2. The average molecular weight is 416 g/mol. The van der Waals surface area contributed by atoms with E-state index in [4.69, 9.17) is 9.47 Å². The predicted octanol–water partition coefficient (Wildman–Crippen LogP) is 3.88. The lowest BCUT2D eigenvalue weighted by atomic mass is 10.2. The highest BCUT2D eigenvalue weighted by molar-refractivity contribution is 6.06. The zero-order chi connectivity index (χ0) is 21.8. The number of nitrogens with one attached hydrogen (secondary N) is 2. The second-order valence-electron chi connectivity index (χ2n) is 6.63. The second kappa shape index (κ2) is 8.58. The number of hydrogen-bond donors (Lipinski definition) is 2. The van der Waals surface area contributed by atoms with Gasteiger partial charge in [0.25, 0.3) is 0 Å². The SMILES string of the molecule is COc1ccc(Nc2nc3ccc(OC)cc3[n+]([O-])c2C(=O)Nc2ccccc2)cc1. The van der Waals surface area contributed by atoms with Crippen LogP contribution in [0.4, 0.5) is 17.2 Å². The number of nitrogens with zero attached hydrogens (tertiary/aromatic N) is 2.